The van der Waals surface area contributed by atoms with Crippen LogP contribution in [0.5, 0.6) is 5.75 Å². The molecule has 0 saturated carbocycles. The number of benzene rings is 1. The Bertz CT molecular complexity index is 686. The number of hydrogen-bond donors (Lipinski definition) is 2. The highest BCUT2D eigenvalue weighted by Crippen LogP contribution is 2.44. The van der Waals surface area contributed by atoms with Gasteiger partial charge in [0, 0.05) is 38.1 Å². The van der Waals surface area contributed by atoms with Crippen LogP contribution in [0.3, 0.4) is 0 Å². The minimum atomic E-state index is -0.819. The van der Waals surface area contributed by atoms with Gasteiger partial charge in [0.2, 0.25) is 5.91 Å². The molecule has 7 heteroatoms. The van der Waals surface area contributed by atoms with Crippen molar-refractivity contribution in [3.63, 3.8) is 0 Å². The third-order valence-corrected chi connectivity index (χ3v) is 5.92. The maximum atomic E-state index is 11.8. The molecular weight excluding hydrogens is 344 g/mol. The number of phenolic OH excluding ortho intramolecular Hbond substituents is 1. The van der Waals surface area contributed by atoms with E-state index >= 15 is 0 Å². The Morgan fingerprint density at radius 3 is 2.56 bits per heavy atom. The summed E-state index contributed by atoms with van der Waals surface area (Å²) in [6.45, 7) is 4.08. The highest BCUT2D eigenvalue weighted by molar-refractivity contribution is 6.31. The van der Waals surface area contributed by atoms with Crippen LogP contribution >= 0.6 is 11.6 Å². The second kappa shape index (κ2) is 6.84. The van der Waals surface area contributed by atoms with E-state index in [1.54, 1.807) is 19.1 Å². The van der Waals surface area contributed by atoms with Crippen LogP contribution in [0.2, 0.25) is 5.02 Å². The molecule has 2 aliphatic heterocycles. The number of carbonyl (C=O) groups is 2. The number of aromatic hydroxyl groups is 1. The summed E-state index contributed by atoms with van der Waals surface area (Å²) in [7, 11) is 0. The maximum Gasteiger partial charge on any atom is 0.320 e. The van der Waals surface area contributed by atoms with Crippen molar-refractivity contribution in [3.8, 4) is 5.75 Å². The highest BCUT2D eigenvalue weighted by atomic mass is 35.5. The fourth-order valence-corrected chi connectivity index (χ4v) is 4.33. The lowest BCUT2D eigenvalue weighted by Crippen LogP contribution is -2.43. The summed E-state index contributed by atoms with van der Waals surface area (Å²) in [6, 6.07) is 4.23. The van der Waals surface area contributed by atoms with Gasteiger partial charge in [-0.1, -0.05) is 17.7 Å². The van der Waals surface area contributed by atoms with Crippen molar-refractivity contribution < 1.29 is 19.8 Å². The first-order chi connectivity index (χ1) is 11.8. The Labute approximate surface area is 152 Å². The van der Waals surface area contributed by atoms with Crippen LogP contribution in [-0.4, -0.2) is 57.6 Å². The van der Waals surface area contributed by atoms with Crippen LogP contribution in [-0.2, 0) is 16.1 Å². The second-order valence-electron chi connectivity index (χ2n) is 7.24. The number of likely N-dealkylation sites (tertiary alicyclic amines) is 2. The number of piperidine rings is 1. The number of amides is 1. The lowest BCUT2D eigenvalue weighted by molar-refractivity contribution is -0.142. The number of phenols is 1. The van der Waals surface area contributed by atoms with E-state index < -0.39 is 12.0 Å². The zero-order chi connectivity index (χ0) is 18.2. The number of rotatable bonds is 3. The summed E-state index contributed by atoms with van der Waals surface area (Å²) in [4.78, 5) is 27.1. The lowest BCUT2D eigenvalue weighted by Gasteiger charge is -2.39. The average Bonchev–Trinajstić information content (AvgIpc) is 2.89. The van der Waals surface area contributed by atoms with Gasteiger partial charge in [0.05, 0.1) is 0 Å². The normalized spacial score (nSPS) is 23.1. The number of carbonyl (C=O) groups excluding carboxylic acids is 1. The highest BCUT2D eigenvalue weighted by Gasteiger charge is 2.48. The Morgan fingerprint density at radius 2 is 2.00 bits per heavy atom. The Morgan fingerprint density at radius 1 is 1.32 bits per heavy atom. The Balaban J connectivity index is 1.75. The van der Waals surface area contributed by atoms with Gasteiger partial charge < -0.3 is 15.1 Å². The van der Waals surface area contributed by atoms with Gasteiger partial charge >= 0.3 is 5.97 Å². The molecule has 2 fully saturated rings. The molecule has 0 aromatic heterocycles. The first kappa shape index (κ1) is 18.0. The molecule has 1 atom stereocenters. The Hall–Kier alpha value is -1.79. The molecule has 2 aliphatic rings. The van der Waals surface area contributed by atoms with Crippen LogP contribution in [0.1, 0.15) is 31.7 Å². The summed E-state index contributed by atoms with van der Waals surface area (Å²) >= 11 is 6.19. The standard InChI is InChI=1S/C18H23ClN2O4/c1-12(22)20-6-4-18(5-7-20)9-16(17(24)25)21(11-18)10-13-2-3-14(23)8-15(13)19/h2-3,8,16,23H,4-7,9-11H2,1H3,(H,24,25). The van der Waals surface area contributed by atoms with Crippen molar-refractivity contribution in [1.29, 1.82) is 0 Å². The first-order valence-corrected chi connectivity index (χ1v) is 8.87. The van der Waals surface area contributed by atoms with E-state index in [0.717, 1.165) is 18.4 Å². The van der Waals surface area contributed by atoms with E-state index in [4.69, 9.17) is 11.6 Å². The zero-order valence-electron chi connectivity index (χ0n) is 14.2. The Kier molecular flexibility index (Phi) is 4.93. The second-order valence-corrected chi connectivity index (χ2v) is 7.65. The van der Waals surface area contributed by atoms with Crippen molar-refractivity contribution in [3.05, 3.63) is 28.8 Å². The average molecular weight is 367 g/mol. The molecule has 1 spiro atoms. The van der Waals surface area contributed by atoms with Gasteiger partial charge in [0.1, 0.15) is 11.8 Å². The minimum Gasteiger partial charge on any atom is -0.508 e. The summed E-state index contributed by atoms with van der Waals surface area (Å²) in [5, 5.41) is 19.6. The summed E-state index contributed by atoms with van der Waals surface area (Å²) < 4.78 is 0. The summed E-state index contributed by atoms with van der Waals surface area (Å²) in [5.74, 6) is -0.644. The van der Waals surface area contributed by atoms with E-state index in [2.05, 4.69) is 0 Å². The van der Waals surface area contributed by atoms with Crippen LogP contribution < -0.4 is 0 Å². The fraction of sp³-hybridized carbons (Fsp3) is 0.556. The molecule has 2 N–H and O–H groups in total. The molecule has 0 radical (unpaired) electrons. The minimum absolute atomic E-state index is 0.0571. The molecule has 25 heavy (non-hydrogen) atoms. The fourth-order valence-electron chi connectivity index (χ4n) is 4.10. The summed E-state index contributed by atoms with van der Waals surface area (Å²) in [6.07, 6.45) is 2.26. The van der Waals surface area contributed by atoms with Crippen molar-refractivity contribution in [1.82, 2.24) is 9.80 Å². The van der Waals surface area contributed by atoms with E-state index in [0.29, 0.717) is 37.6 Å². The number of carboxylic acids is 1. The van der Waals surface area contributed by atoms with Crippen LogP contribution in [0, 0.1) is 5.41 Å². The molecule has 2 saturated heterocycles. The van der Waals surface area contributed by atoms with Crippen molar-refractivity contribution in [2.24, 2.45) is 5.41 Å². The van der Waals surface area contributed by atoms with Crippen LogP contribution in [0.25, 0.3) is 0 Å². The third kappa shape index (κ3) is 3.75. The molecule has 136 valence electrons. The number of halogens is 1. The van der Waals surface area contributed by atoms with Crippen molar-refractivity contribution in [2.75, 3.05) is 19.6 Å². The number of nitrogens with zero attached hydrogens (tertiary/aromatic N) is 2. The first-order valence-electron chi connectivity index (χ1n) is 8.49. The maximum absolute atomic E-state index is 11.8. The molecule has 2 heterocycles. The van der Waals surface area contributed by atoms with Crippen LogP contribution in [0.4, 0.5) is 0 Å². The van der Waals surface area contributed by atoms with Gasteiger partial charge in [0.25, 0.3) is 0 Å². The zero-order valence-corrected chi connectivity index (χ0v) is 15.0. The molecular formula is C18H23ClN2O4. The van der Waals surface area contributed by atoms with Gasteiger partial charge in [-0.25, -0.2) is 0 Å². The van der Waals surface area contributed by atoms with E-state index in [1.165, 1.54) is 6.07 Å². The molecule has 3 rings (SSSR count). The number of aliphatic carboxylic acids is 1. The molecule has 0 aliphatic carbocycles. The lowest BCUT2D eigenvalue weighted by atomic mass is 9.76. The molecule has 6 nitrogen and oxygen atoms in total. The van der Waals surface area contributed by atoms with Crippen LogP contribution in [0.15, 0.2) is 18.2 Å². The molecule has 1 aromatic carbocycles. The third-order valence-electron chi connectivity index (χ3n) is 5.57. The van der Waals surface area contributed by atoms with Gasteiger partial charge in [-0.15, -0.1) is 0 Å². The monoisotopic (exact) mass is 366 g/mol. The molecule has 0 bridgehead atoms. The van der Waals surface area contributed by atoms with Gasteiger partial charge in [-0.3, -0.25) is 14.5 Å². The molecule has 1 aromatic rings. The topological polar surface area (TPSA) is 81.1 Å². The van der Waals surface area contributed by atoms with Gasteiger partial charge in [-0.2, -0.15) is 0 Å². The quantitative estimate of drug-likeness (QED) is 0.858. The number of carboxylic acid groups (broad SMARTS) is 1. The van der Waals surface area contributed by atoms with E-state index in [1.807, 2.05) is 9.80 Å². The SMILES string of the molecule is CC(=O)N1CCC2(CC1)CC(C(=O)O)N(Cc1ccc(O)cc1Cl)C2. The van der Waals surface area contributed by atoms with Gasteiger partial charge in [-0.05, 0) is 42.4 Å². The largest absolute Gasteiger partial charge is 0.508 e. The summed E-state index contributed by atoms with van der Waals surface area (Å²) in [5.41, 5.74) is 0.752. The van der Waals surface area contributed by atoms with Crippen molar-refractivity contribution >= 4 is 23.5 Å². The van der Waals surface area contributed by atoms with E-state index in [-0.39, 0.29) is 17.1 Å². The molecule has 1 amide bonds. The van der Waals surface area contributed by atoms with Gasteiger partial charge in [0.15, 0.2) is 0 Å². The molecule has 1 unspecified atom stereocenters. The predicted molar refractivity (Wildman–Crippen MR) is 93.5 cm³/mol. The van der Waals surface area contributed by atoms with Crippen molar-refractivity contribution in [2.45, 2.75) is 38.8 Å². The number of hydrogen-bond acceptors (Lipinski definition) is 4. The smallest absolute Gasteiger partial charge is 0.320 e. The van der Waals surface area contributed by atoms with E-state index in [9.17, 15) is 19.8 Å². The predicted octanol–water partition coefficient (Wildman–Crippen LogP) is 2.33.